The average molecular weight is 1170 g/mol. The first-order valence-corrected chi connectivity index (χ1v) is 29.0. The molecule has 23 heteroatoms. The Morgan fingerprint density at radius 2 is 1.29 bits per heavy atom. The number of nitriles is 2. The number of β-amino-alcohol motifs (C(OH)–C–C–N with tert-alkyl or cyclic N) is 1. The second kappa shape index (κ2) is 24.1. The first kappa shape index (κ1) is 58.6. The second-order valence-corrected chi connectivity index (χ2v) is 23.5. The number of rotatable bonds is 15. The fourth-order valence-corrected chi connectivity index (χ4v) is 13.6. The number of hydrogen-bond acceptors (Lipinski definition) is 17. The lowest BCUT2D eigenvalue weighted by atomic mass is 9.87. The summed E-state index contributed by atoms with van der Waals surface area (Å²) in [5.74, 6) is -0.525. The van der Waals surface area contributed by atoms with Gasteiger partial charge in [0.25, 0.3) is 0 Å². The number of carbonyl (C=O) groups is 2. The van der Waals surface area contributed by atoms with Gasteiger partial charge in [0, 0.05) is 93.7 Å². The molecule has 1 N–H and O–H groups in total. The van der Waals surface area contributed by atoms with E-state index in [-0.39, 0.29) is 99.6 Å². The van der Waals surface area contributed by atoms with Gasteiger partial charge in [-0.15, -0.1) is 0 Å². The van der Waals surface area contributed by atoms with Gasteiger partial charge >= 0.3 is 18.2 Å². The van der Waals surface area contributed by atoms with E-state index in [1.54, 1.807) is 9.80 Å². The normalized spacial score (nSPS) is 23.8. The minimum absolute atomic E-state index is 0.0128. The Labute approximate surface area is 491 Å². The highest BCUT2D eigenvalue weighted by molar-refractivity contribution is 5.97. The lowest BCUT2D eigenvalue weighted by Crippen LogP contribution is -2.55. The maximum atomic E-state index is 15.0. The zero-order chi connectivity index (χ0) is 59.9. The highest BCUT2D eigenvalue weighted by Gasteiger charge is 2.44. The molecule has 4 saturated heterocycles. The van der Waals surface area contributed by atoms with Crippen LogP contribution in [-0.2, 0) is 41.7 Å². The Morgan fingerprint density at radius 1 is 0.718 bits per heavy atom. The molecule has 0 saturated carbocycles. The van der Waals surface area contributed by atoms with Gasteiger partial charge in [-0.2, -0.15) is 43.6 Å². The van der Waals surface area contributed by atoms with Crippen LogP contribution in [0.3, 0.4) is 0 Å². The van der Waals surface area contributed by atoms with Gasteiger partial charge in [-0.25, -0.2) is 4.39 Å². The van der Waals surface area contributed by atoms with Crippen molar-refractivity contribution in [3.63, 3.8) is 0 Å². The molecule has 4 fully saturated rings. The highest BCUT2D eigenvalue weighted by atomic mass is 19.4. The second-order valence-electron chi connectivity index (χ2n) is 23.5. The minimum Gasteiger partial charge on any atom is -0.462 e. The predicted octanol–water partition coefficient (Wildman–Crippen LogP) is 6.64. The van der Waals surface area contributed by atoms with Crippen LogP contribution < -0.4 is 29.1 Å². The molecule has 0 spiro atoms. The van der Waals surface area contributed by atoms with E-state index in [1.807, 2.05) is 18.0 Å². The first-order chi connectivity index (χ1) is 40.9. The summed E-state index contributed by atoms with van der Waals surface area (Å²) in [7, 11) is 4.03. The van der Waals surface area contributed by atoms with Crippen LogP contribution in [0.25, 0.3) is 10.8 Å². The van der Waals surface area contributed by atoms with Crippen LogP contribution in [0.4, 0.5) is 40.6 Å². The molecule has 446 valence electrons. The van der Waals surface area contributed by atoms with E-state index in [1.165, 1.54) is 34.7 Å². The number of fused-ring (bicyclic) bond motifs is 3. The molecule has 0 aliphatic carbocycles. The number of likely N-dealkylation sites (N-methyl/N-ethyl adjacent to an activating group) is 2. The van der Waals surface area contributed by atoms with Crippen molar-refractivity contribution in [2.45, 2.75) is 100 Å². The largest absolute Gasteiger partial charge is 0.462 e. The van der Waals surface area contributed by atoms with Gasteiger partial charge in [-0.1, -0.05) is 49.6 Å². The third-order valence-corrected chi connectivity index (χ3v) is 18.2. The summed E-state index contributed by atoms with van der Waals surface area (Å²) in [4.78, 5) is 61.4. The van der Waals surface area contributed by atoms with Gasteiger partial charge in [0.15, 0.2) is 0 Å². The summed E-state index contributed by atoms with van der Waals surface area (Å²) in [6.45, 7) is 14.6. The van der Waals surface area contributed by atoms with Gasteiger partial charge in [-0.3, -0.25) is 19.4 Å². The number of aliphatic hydroxyl groups excluding tert-OH is 1. The van der Waals surface area contributed by atoms with Crippen molar-refractivity contribution in [2.75, 3.05) is 112 Å². The smallest absolute Gasteiger partial charge is 0.421 e. The number of hydrogen-bond donors (Lipinski definition) is 1. The Hall–Kier alpha value is -8.12. The molecule has 5 aromatic rings. The van der Waals surface area contributed by atoms with Gasteiger partial charge < -0.3 is 44.0 Å². The van der Waals surface area contributed by atoms with E-state index >= 15 is 0 Å². The number of likely N-dealkylation sites (tertiary alicyclic amines) is 2. The molecule has 0 radical (unpaired) electrons. The van der Waals surface area contributed by atoms with Crippen LogP contribution in [-0.4, -0.2) is 179 Å². The lowest BCUT2D eigenvalue weighted by molar-refractivity contribution is -0.139. The maximum Gasteiger partial charge on any atom is 0.421 e. The molecule has 85 heavy (non-hydrogen) atoms. The average Bonchev–Trinajstić information content (AvgIpc) is 2.52. The molecule has 2 aromatic heterocycles. The number of aliphatic hydroxyl groups is 1. The number of alkyl halides is 3. The summed E-state index contributed by atoms with van der Waals surface area (Å²) in [6, 6.07) is 20.1. The lowest BCUT2D eigenvalue weighted by Gasteiger charge is -2.42. The highest BCUT2D eigenvalue weighted by Crippen LogP contribution is 2.45. The summed E-state index contributed by atoms with van der Waals surface area (Å²) in [5, 5.41) is 32.2. The van der Waals surface area contributed by atoms with Gasteiger partial charge in [0.2, 0.25) is 11.8 Å². The number of anilines is 4. The zero-order valence-corrected chi connectivity index (χ0v) is 48.1. The standard InChI is InChI=1S/C62H70F4N14O5/c1-6-54(82)79-27-25-77(32-40(79)17-21-67)57-47-19-23-75(35-50(47)69-59(71-57)84-37-42-29-43(81)34-73(42)4)52-16-15-44(45-11-8-9-12-46(45)52)39-30-61(3,74(5)31-39)38-85-60-70-51-36-76(53-14-10-13-49(63)56(53)62(64,65)66)24-20-48(51)58(72-60)78-26-28-80(55(83)7-2)41(33-78)18-22-68/h6-16,39-43,81H,1-2,17-20,23-38H2,3-5H3/t39?,40?,41?,42-,43-,61+/m0/s1. The molecular weight excluding hydrogens is 1100 g/mol. The zero-order valence-electron chi connectivity index (χ0n) is 48.1. The predicted molar refractivity (Wildman–Crippen MR) is 312 cm³/mol. The van der Waals surface area contributed by atoms with Crippen molar-refractivity contribution in [1.82, 2.24) is 39.5 Å². The molecule has 8 heterocycles. The van der Waals surface area contributed by atoms with Crippen molar-refractivity contribution < 1.29 is 41.7 Å². The van der Waals surface area contributed by atoms with Crippen LogP contribution in [0.15, 0.2) is 79.9 Å². The first-order valence-electron chi connectivity index (χ1n) is 29.0. The number of piperazine rings is 2. The Balaban J connectivity index is 0.852. The van der Waals surface area contributed by atoms with E-state index in [0.717, 1.165) is 39.6 Å². The molecule has 6 aliphatic rings. The fraction of sp³-hybridized carbons (Fsp3) is 0.484. The van der Waals surface area contributed by atoms with Crippen molar-refractivity contribution in [2.24, 2.45) is 0 Å². The monoisotopic (exact) mass is 1170 g/mol. The van der Waals surface area contributed by atoms with Crippen molar-refractivity contribution in [3.05, 3.63) is 119 Å². The molecule has 3 aromatic carbocycles. The molecule has 3 unspecified atom stereocenters. The summed E-state index contributed by atoms with van der Waals surface area (Å²) in [5.41, 5.74) is 3.05. The third-order valence-electron chi connectivity index (χ3n) is 18.2. The van der Waals surface area contributed by atoms with E-state index in [4.69, 9.17) is 29.4 Å². The summed E-state index contributed by atoms with van der Waals surface area (Å²) in [6.07, 6.45) is -0.491. The maximum absolute atomic E-state index is 15.0. The summed E-state index contributed by atoms with van der Waals surface area (Å²) >= 11 is 0. The van der Waals surface area contributed by atoms with E-state index in [0.29, 0.717) is 95.3 Å². The van der Waals surface area contributed by atoms with Crippen LogP contribution in [0.5, 0.6) is 12.0 Å². The van der Waals surface area contributed by atoms with Crippen LogP contribution >= 0.6 is 0 Å². The van der Waals surface area contributed by atoms with Crippen LogP contribution in [0.1, 0.15) is 72.2 Å². The van der Waals surface area contributed by atoms with Crippen molar-refractivity contribution in [3.8, 4) is 24.2 Å². The van der Waals surface area contributed by atoms with Crippen LogP contribution in [0, 0.1) is 28.5 Å². The van der Waals surface area contributed by atoms with E-state index in [2.05, 4.69) is 89.2 Å². The molecule has 11 rings (SSSR count). The number of carbonyl (C=O) groups excluding carboxylic acids is 2. The molecule has 19 nitrogen and oxygen atoms in total. The molecule has 6 aliphatic heterocycles. The van der Waals surface area contributed by atoms with Crippen LogP contribution in [0.2, 0.25) is 0 Å². The number of nitrogens with zero attached hydrogens (tertiary/aromatic N) is 14. The fourth-order valence-electron chi connectivity index (χ4n) is 13.6. The van der Waals surface area contributed by atoms with Gasteiger partial charge in [0.1, 0.15) is 36.2 Å². The third kappa shape index (κ3) is 11.7. The number of ether oxygens (including phenoxy) is 2. The Kier molecular flexibility index (Phi) is 16.6. The van der Waals surface area contributed by atoms with E-state index in [9.17, 15) is 42.8 Å². The van der Waals surface area contributed by atoms with E-state index < -0.39 is 35.2 Å². The number of amides is 2. The number of aromatic nitrogens is 4. The molecule has 6 atom stereocenters. The molecule has 0 bridgehead atoms. The quantitative estimate of drug-likeness (QED) is 0.0864. The minimum atomic E-state index is -4.94. The topological polar surface area (TPSA) is 198 Å². The molecular formula is C62H70F4N14O5. The van der Waals surface area contributed by atoms with Gasteiger partial charge in [0.05, 0.1) is 78.9 Å². The molecule has 2 amide bonds. The number of benzene rings is 3. The Morgan fingerprint density at radius 3 is 1.85 bits per heavy atom. The van der Waals surface area contributed by atoms with Crippen molar-refractivity contribution >= 4 is 45.6 Å². The SMILES string of the molecule is C=CC(=O)N1CCN(c2nc(OC[C@@]3(C)CC(c4ccc(N5CCc6c(nc(OC[C@@H]7C[C@H](O)CN7C)nc6N6CCN(C(=O)C=C)C(CC#N)C6)C5)c5ccccc45)CN3C)nc3c2CCN(c2cccc(F)c2C(F)(F)F)C3)CC1CC#N. The number of halogens is 4. The Bertz CT molecular complexity index is 3480. The van der Waals surface area contributed by atoms with Crippen molar-refractivity contribution in [1.29, 1.82) is 10.5 Å². The summed E-state index contributed by atoms with van der Waals surface area (Å²) < 4.78 is 71.2. The van der Waals surface area contributed by atoms with Gasteiger partial charge in [-0.05, 0) is 93.9 Å².